The third kappa shape index (κ3) is 2.10. The average Bonchev–Trinajstić information content (AvgIpc) is 3.05. The summed E-state index contributed by atoms with van der Waals surface area (Å²) in [6.07, 6.45) is 2.38. The van der Waals surface area contributed by atoms with Crippen LogP contribution in [0.1, 0.15) is 30.6 Å². The van der Waals surface area contributed by atoms with Crippen molar-refractivity contribution in [3.05, 3.63) is 30.0 Å². The van der Waals surface area contributed by atoms with Crippen LogP contribution in [0.3, 0.4) is 0 Å². The first-order valence-corrected chi connectivity index (χ1v) is 7.11. The Morgan fingerprint density at radius 2 is 2.35 bits per heavy atom. The number of nitrogens with one attached hydrogen (secondary N) is 1. The predicted octanol–water partition coefficient (Wildman–Crippen LogP) is 3.17. The van der Waals surface area contributed by atoms with E-state index in [4.69, 9.17) is 9.47 Å². The fourth-order valence-corrected chi connectivity index (χ4v) is 2.81. The normalized spacial score (nSPS) is 22.3. The van der Waals surface area contributed by atoms with Crippen molar-refractivity contribution < 1.29 is 14.3 Å². The molecule has 2 atom stereocenters. The molecule has 1 saturated heterocycles. The summed E-state index contributed by atoms with van der Waals surface area (Å²) < 4.78 is 11.2. The van der Waals surface area contributed by atoms with Crippen LogP contribution in [0.2, 0.25) is 0 Å². The summed E-state index contributed by atoms with van der Waals surface area (Å²) in [7, 11) is 0. The van der Waals surface area contributed by atoms with Crippen LogP contribution in [0.15, 0.2) is 24.4 Å². The minimum atomic E-state index is -0.330. The van der Waals surface area contributed by atoms with Gasteiger partial charge in [-0.2, -0.15) is 0 Å². The van der Waals surface area contributed by atoms with Crippen LogP contribution in [-0.4, -0.2) is 30.1 Å². The zero-order chi connectivity index (χ0) is 14.1. The Balaban J connectivity index is 2.05. The van der Waals surface area contributed by atoms with Crippen molar-refractivity contribution in [3.8, 4) is 5.75 Å². The van der Waals surface area contributed by atoms with Crippen LogP contribution < -0.4 is 4.74 Å². The van der Waals surface area contributed by atoms with Gasteiger partial charge in [-0.3, -0.25) is 4.79 Å². The molecule has 4 heteroatoms. The first-order chi connectivity index (χ1) is 9.72. The van der Waals surface area contributed by atoms with E-state index in [1.165, 1.54) is 0 Å². The third-order valence-corrected chi connectivity index (χ3v) is 3.88. The molecule has 3 rings (SSSR count). The minimum Gasteiger partial charge on any atom is -0.493 e. The Bertz CT molecular complexity index is 632. The number of hydrogen-bond acceptors (Lipinski definition) is 3. The lowest BCUT2D eigenvalue weighted by Gasteiger charge is -2.13. The molecule has 0 amide bonds. The molecule has 1 N–H and O–H groups in total. The second-order valence-corrected chi connectivity index (χ2v) is 5.24. The number of H-pyrrole nitrogens is 1. The van der Waals surface area contributed by atoms with Crippen molar-refractivity contribution in [3.63, 3.8) is 0 Å². The van der Waals surface area contributed by atoms with Crippen molar-refractivity contribution in [1.29, 1.82) is 0 Å². The van der Waals surface area contributed by atoms with E-state index in [1.54, 1.807) is 6.20 Å². The summed E-state index contributed by atoms with van der Waals surface area (Å²) in [4.78, 5) is 15.8. The zero-order valence-corrected chi connectivity index (χ0v) is 11.8. The number of fused-ring (bicyclic) bond motifs is 1. The van der Waals surface area contributed by atoms with Crippen LogP contribution >= 0.6 is 0 Å². The maximum absolute atomic E-state index is 12.7. The number of rotatable bonds is 4. The first-order valence-electron chi connectivity index (χ1n) is 7.11. The van der Waals surface area contributed by atoms with Crippen molar-refractivity contribution in [2.45, 2.75) is 26.4 Å². The fraction of sp³-hybridized carbons (Fsp3) is 0.438. The molecular weight excluding hydrogens is 254 g/mol. The first kappa shape index (κ1) is 13.2. The van der Waals surface area contributed by atoms with Crippen molar-refractivity contribution in [2.24, 2.45) is 5.92 Å². The van der Waals surface area contributed by atoms with Gasteiger partial charge in [0.05, 0.1) is 12.0 Å². The number of aromatic amines is 1. The molecule has 1 aromatic heterocycles. The van der Waals surface area contributed by atoms with Crippen LogP contribution in [0.4, 0.5) is 0 Å². The second-order valence-electron chi connectivity index (χ2n) is 5.24. The van der Waals surface area contributed by atoms with E-state index >= 15 is 0 Å². The van der Waals surface area contributed by atoms with E-state index in [0.717, 1.165) is 23.1 Å². The molecule has 20 heavy (non-hydrogen) atoms. The number of aromatic nitrogens is 1. The van der Waals surface area contributed by atoms with Gasteiger partial charge in [0, 0.05) is 23.9 Å². The van der Waals surface area contributed by atoms with Crippen molar-refractivity contribution in [1.82, 2.24) is 4.98 Å². The maximum atomic E-state index is 12.7. The molecule has 0 saturated carbocycles. The summed E-state index contributed by atoms with van der Waals surface area (Å²) in [5.41, 5.74) is 1.59. The standard InChI is InChI=1S/C16H19NO3/c1-3-19-13-6-4-5-12-14(13)11(9-17-12)15(18)16-10(2)7-8-20-16/h4-6,9-10,16-17H,3,7-8H2,1-2H3. The van der Waals surface area contributed by atoms with E-state index in [-0.39, 0.29) is 17.8 Å². The quantitative estimate of drug-likeness (QED) is 0.870. The summed E-state index contributed by atoms with van der Waals surface area (Å²) in [5.74, 6) is 1.07. The van der Waals surface area contributed by atoms with Crippen molar-refractivity contribution in [2.75, 3.05) is 13.2 Å². The van der Waals surface area contributed by atoms with Gasteiger partial charge in [-0.15, -0.1) is 0 Å². The Hall–Kier alpha value is -1.81. The highest BCUT2D eigenvalue weighted by molar-refractivity contribution is 6.12. The van der Waals surface area contributed by atoms with Gasteiger partial charge in [-0.1, -0.05) is 13.0 Å². The molecule has 2 aromatic rings. The Kier molecular flexibility index (Phi) is 3.49. The van der Waals surface area contributed by atoms with E-state index in [1.807, 2.05) is 25.1 Å². The molecular formula is C16H19NO3. The van der Waals surface area contributed by atoms with Gasteiger partial charge in [0.25, 0.3) is 0 Å². The van der Waals surface area contributed by atoms with E-state index < -0.39 is 0 Å². The van der Waals surface area contributed by atoms with Crippen LogP contribution in [0.5, 0.6) is 5.75 Å². The molecule has 1 aliphatic rings. The molecule has 2 unspecified atom stereocenters. The van der Waals surface area contributed by atoms with Crippen LogP contribution in [0.25, 0.3) is 10.9 Å². The molecule has 0 radical (unpaired) electrons. The largest absolute Gasteiger partial charge is 0.493 e. The topological polar surface area (TPSA) is 51.3 Å². The van der Waals surface area contributed by atoms with Gasteiger partial charge in [0.2, 0.25) is 0 Å². The summed E-state index contributed by atoms with van der Waals surface area (Å²) in [6, 6.07) is 5.77. The molecule has 106 valence electrons. The summed E-state index contributed by atoms with van der Waals surface area (Å²) in [5, 5.41) is 0.863. The summed E-state index contributed by atoms with van der Waals surface area (Å²) >= 11 is 0. The number of carbonyl (C=O) groups excluding carboxylic acids is 1. The Labute approximate surface area is 118 Å². The number of ketones is 1. The van der Waals surface area contributed by atoms with Gasteiger partial charge in [-0.25, -0.2) is 0 Å². The van der Waals surface area contributed by atoms with Gasteiger partial charge in [-0.05, 0) is 31.4 Å². The lowest BCUT2D eigenvalue weighted by Crippen LogP contribution is -2.25. The van der Waals surface area contributed by atoms with Crippen LogP contribution in [-0.2, 0) is 4.74 Å². The summed E-state index contributed by atoms with van der Waals surface area (Å²) in [6.45, 7) is 5.25. The molecule has 0 bridgehead atoms. The van der Waals surface area contributed by atoms with Gasteiger partial charge >= 0.3 is 0 Å². The Morgan fingerprint density at radius 1 is 1.50 bits per heavy atom. The number of benzene rings is 1. The predicted molar refractivity (Wildman–Crippen MR) is 77.3 cm³/mol. The molecule has 2 heterocycles. The van der Waals surface area contributed by atoms with Gasteiger partial charge in [0.1, 0.15) is 11.9 Å². The van der Waals surface area contributed by atoms with Gasteiger partial charge < -0.3 is 14.5 Å². The number of ether oxygens (including phenoxy) is 2. The van der Waals surface area contributed by atoms with E-state index in [9.17, 15) is 4.79 Å². The molecule has 0 aliphatic carbocycles. The fourth-order valence-electron chi connectivity index (χ4n) is 2.81. The zero-order valence-electron chi connectivity index (χ0n) is 11.8. The molecule has 1 aromatic carbocycles. The van der Waals surface area contributed by atoms with Gasteiger partial charge in [0.15, 0.2) is 5.78 Å². The van der Waals surface area contributed by atoms with E-state index in [0.29, 0.717) is 18.8 Å². The van der Waals surface area contributed by atoms with Crippen LogP contribution in [0, 0.1) is 5.92 Å². The van der Waals surface area contributed by atoms with E-state index in [2.05, 4.69) is 11.9 Å². The molecule has 4 nitrogen and oxygen atoms in total. The highest BCUT2D eigenvalue weighted by Crippen LogP contribution is 2.32. The highest BCUT2D eigenvalue weighted by atomic mass is 16.5. The molecule has 0 spiro atoms. The number of Topliss-reactive ketones (excluding diaryl/α,β-unsaturated/α-hetero) is 1. The maximum Gasteiger partial charge on any atom is 0.194 e. The smallest absolute Gasteiger partial charge is 0.194 e. The number of hydrogen-bond donors (Lipinski definition) is 1. The lowest BCUT2D eigenvalue weighted by atomic mass is 9.96. The van der Waals surface area contributed by atoms with Crippen molar-refractivity contribution >= 4 is 16.7 Å². The number of carbonyl (C=O) groups is 1. The monoisotopic (exact) mass is 273 g/mol. The third-order valence-electron chi connectivity index (χ3n) is 3.88. The second kappa shape index (κ2) is 5.29. The SMILES string of the molecule is CCOc1cccc2[nH]cc(C(=O)C3OCCC3C)c12. The minimum absolute atomic E-state index is 0.0494. The molecule has 1 fully saturated rings. The molecule has 1 aliphatic heterocycles. The average molecular weight is 273 g/mol. The highest BCUT2D eigenvalue weighted by Gasteiger charge is 2.33. The Morgan fingerprint density at radius 3 is 3.05 bits per heavy atom. The lowest BCUT2D eigenvalue weighted by molar-refractivity contribution is 0.0581.